The molecule has 8 nitrogen and oxygen atoms in total. The highest BCUT2D eigenvalue weighted by Gasteiger charge is 2.14. The fourth-order valence-corrected chi connectivity index (χ4v) is 2.47. The third-order valence-corrected chi connectivity index (χ3v) is 3.76. The number of rotatable bonds is 6. The molecule has 0 aromatic carbocycles. The summed E-state index contributed by atoms with van der Waals surface area (Å²) in [5, 5.41) is 16.6. The summed E-state index contributed by atoms with van der Waals surface area (Å²) in [6.07, 6.45) is 7.67. The number of anilines is 1. The Morgan fingerprint density at radius 2 is 2.08 bits per heavy atom. The summed E-state index contributed by atoms with van der Waals surface area (Å²) in [4.78, 5) is 24.0. The molecule has 0 saturated carbocycles. The first-order valence-corrected chi connectivity index (χ1v) is 7.84. The number of aryl methyl sites for hydroxylation is 1. The summed E-state index contributed by atoms with van der Waals surface area (Å²) in [5.41, 5.74) is 2.26. The van der Waals surface area contributed by atoms with E-state index < -0.39 is 5.97 Å². The predicted octanol–water partition coefficient (Wildman–Crippen LogP) is 2.53. The van der Waals surface area contributed by atoms with Gasteiger partial charge in [-0.25, -0.2) is 14.8 Å². The Morgan fingerprint density at radius 1 is 1.28 bits per heavy atom. The van der Waals surface area contributed by atoms with E-state index in [0.29, 0.717) is 17.3 Å². The van der Waals surface area contributed by atoms with Crippen LogP contribution in [0.15, 0.2) is 43.0 Å². The lowest BCUT2D eigenvalue weighted by Crippen LogP contribution is -2.11. The molecule has 25 heavy (non-hydrogen) atoms. The van der Waals surface area contributed by atoms with Crippen molar-refractivity contribution in [1.29, 1.82) is 0 Å². The normalized spacial score (nSPS) is 11.9. The van der Waals surface area contributed by atoms with Gasteiger partial charge in [-0.1, -0.05) is 6.92 Å². The standard InChI is InChI=1S/C17H18N6O2/c1-3-13(12-9-20-23(2)10-12)21-17-19-7-5-14(22-17)15-8-11(16(24)25)4-6-18-15/h4-10,13H,3H2,1-2H3,(H,24,25)(H,19,21,22). The van der Waals surface area contributed by atoms with E-state index in [2.05, 4.69) is 32.3 Å². The maximum absolute atomic E-state index is 11.1. The van der Waals surface area contributed by atoms with Crippen molar-refractivity contribution in [2.45, 2.75) is 19.4 Å². The zero-order valence-corrected chi connectivity index (χ0v) is 13.9. The average molecular weight is 338 g/mol. The van der Waals surface area contributed by atoms with E-state index in [1.807, 2.05) is 19.4 Å². The molecule has 0 aliphatic rings. The van der Waals surface area contributed by atoms with Gasteiger partial charge in [0.05, 0.1) is 29.2 Å². The van der Waals surface area contributed by atoms with Gasteiger partial charge in [-0.2, -0.15) is 5.10 Å². The molecule has 0 aliphatic carbocycles. The Labute approximate surface area is 144 Å². The molecule has 1 unspecified atom stereocenters. The third-order valence-electron chi connectivity index (χ3n) is 3.76. The van der Waals surface area contributed by atoms with Crippen LogP contribution in [-0.2, 0) is 7.05 Å². The topological polar surface area (TPSA) is 106 Å². The number of carboxylic acids is 1. The highest BCUT2D eigenvalue weighted by molar-refractivity contribution is 5.88. The van der Waals surface area contributed by atoms with Gasteiger partial charge >= 0.3 is 5.97 Å². The molecule has 0 amide bonds. The molecule has 0 saturated heterocycles. The monoisotopic (exact) mass is 338 g/mol. The molecule has 0 aliphatic heterocycles. The molecule has 128 valence electrons. The first kappa shape index (κ1) is 16.6. The van der Waals surface area contributed by atoms with Crippen LogP contribution in [-0.4, -0.2) is 35.8 Å². The molecule has 0 radical (unpaired) electrons. The van der Waals surface area contributed by atoms with Crippen LogP contribution >= 0.6 is 0 Å². The Bertz CT molecular complexity index is 892. The fraction of sp³-hybridized carbons (Fsp3) is 0.235. The van der Waals surface area contributed by atoms with E-state index >= 15 is 0 Å². The molecular weight excluding hydrogens is 320 g/mol. The van der Waals surface area contributed by atoms with Gasteiger partial charge in [-0.15, -0.1) is 0 Å². The van der Waals surface area contributed by atoms with Crippen LogP contribution < -0.4 is 5.32 Å². The first-order valence-electron chi connectivity index (χ1n) is 7.84. The van der Waals surface area contributed by atoms with Gasteiger partial charge in [0.2, 0.25) is 5.95 Å². The van der Waals surface area contributed by atoms with Gasteiger partial charge in [0, 0.05) is 31.2 Å². The molecule has 0 fully saturated rings. The van der Waals surface area contributed by atoms with E-state index in [1.165, 1.54) is 18.3 Å². The fourth-order valence-electron chi connectivity index (χ4n) is 2.47. The van der Waals surface area contributed by atoms with E-state index in [4.69, 9.17) is 5.11 Å². The highest BCUT2D eigenvalue weighted by Crippen LogP contribution is 2.22. The van der Waals surface area contributed by atoms with Crippen molar-refractivity contribution >= 4 is 11.9 Å². The van der Waals surface area contributed by atoms with Crippen LogP contribution in [0.2, 0.25) is 0 Å². The number of hydrogen-bond acceptors (Lipinski definition) is 6. The summed E-state index contributed by atoms with van der Waals surface area (Å²) >= 11 is 0. The van der Waals surface area contributed by atoms with Crippen molar-refractivity contribution in [3.05, 3.63) is 54.1 Å². The predicted molar refractivity (Wildman–Crippen MR) is 92.1 cm³/mol. The Balaban J connectivity index is 1.86. The number of nitrogens with one attached hydrogen (secondary N) is 1. The minimum Gasteiger partial charge on any atom is -0.478 e. The summed E-state index contributed by atoms with van der Waals surface area (Å²) < 4.78 is 1.75. The summed E-state index contributed by atoms with van der Waals surface area (Å²) in [7, 11) is 1.87. The van der Waals surface area contributed by atoms with E-state index in [0.717, 1.165) is 12.0 Å². The second-order valence-corrected chi connectivity index (χ2v) is 5.55. The SMILES string of the molecule is CCC(Nc1nccc(-c2cc(C(=O)O)ccn2)n1)c1cnn(C)c1. The van der Waals surface area contributed by atoms with Gasteiger partial charge in [-0.05, 0) is 24.6 Å². The molecular formula is C17H18N6O2. The molecule has 0 bridgehead atoms. The number of carboxylic acid groups (broad SMARTS) is 1. The number of nitrogens with zero attached hydrogens (tertiary/aromatic N) is 5. The maximum atomic E-state index is 11.1. The van der Waals surface area contributed by atoms with Gasteiger partial charge in [-0.3, -0.25) is 9.67 Å². The van der Waals surface area contributed by atoms with E-state index in [-0.39, 0.29) is 11.6 Å². The summed E-state index contributed by atoms with van der Waals surface area (Å²) in [6, 6.07) is 4.67. The lowest BCUT2D eigenvalue weighted by atomic mass is 10.1. The molecule has 3 rings (SSSR count). The second-order valence-electron chi connectivity index (χ2n) is 5.55. The number of hydrogen-bond donors (Lipinski definition) is 2. The van der Waals surface area contributed by atoms with Crippen LogP contribution in [0.3, 0.4) is 0 Å². The van der Waals surface area contributed by atoms with Crippen LogP contribution in [0, 0.1) is 0 Å². The molecule has 3 heterocycles. The summed E-state index contributed by atoms with van der Waals surface area (Å²) in [5.74, 6) is -0.547. The number of aromatic nitrogens is 5. The zero-order valence-electron chi connectivity index (χ0n) is 13.9. The van der Waals surface area contributed by atoms with Crippen molar-refractivity contribution in [3.8, 4) is 11.4 Å². The van der Waals surface area contributed by atoms with Gasteiger partial charge in [0.25, 0.3) is 0 Å². The van der Waals surface area contributed by atoms with Gasteiger partial charge in [0.15, 0.2) is 0 Å². The molecule has 3 aromatic heterocycles. The Kier molecular flexibility index (Phi) is 4.69. The van der Waals surface area contributed by atoms with Crippen LogP contribution in [0.1, 0.15) is 35.3 Å². The largest absolute Gasteiger partial charge is 0.478 e. The molecule has 8 heteroatoms. The zero-order chi connectivity index (χ0) is 17.8. The average Bonchev–Trinajstić information content (AvgIpc) is 3.06. The molecule has 3 aromatic rings. The van der Waals surface area contributed by atoms with Crippen molar-refractivity contribution in [2.24, 2.45) is 7.05 Å². The molecule has 0 spiro atoms. The van der Waals surface area contributed by atoms with E-state index in [1.54, 1.807) is 16.9 Å². The molecule has 2 N–H and O–H groups in total. The first-order chi connectivity index (χ1) is 12.1. The van der Waals surface area contributed by atoms with Crippen molar-refractivity contribution < 1.29 is 9.90 Å². The lowest BCUT2D eigenvalue weighted by molar-refractivity contribution is 0.0697. The van der Waals surface area contributed by atoms with Crippen LogP contribution in [0.25, 0.3) is 11.4 Å². The minimum atomic E-state index is -1.00. The Hall–Kier alpha value is -3.29. The van der Waals surface area contributed by atoms with E-state index in [9.17, 15) is 4.79 Å². The maximum Gasteiger partial charge on any atom is 0.335 e. The smallest absolute Gasteiger partial charge is 0.335 e. The van der Waals surface area contributed by atoms with Crippen LogP contribution in [0.5, 0.6) is 0 Å². The molecule has 1 atom stereocenters. The third kappa shape index (κ3) is 3.79. The van der Waals surface area contributed by atoms with Crippen molar-refractivity contribution in [3.63, 3.8) is 0 Å². The number of pyridine rings is 1. The Morgan fingerprint density at radius 3 is 2.76 bits per heavy atom. The minimum absolute atomic E-state index is 0.0299. The van der Waals surface area contributed by atoms with Crippen LogP contribution in [0.4, 0.5) is 5.95 Å². The van der Waals surface area contributed by atoms with Gasteiger partial charge < -0.3 is 10.4 Å². The van der Waals surface area contributed by atoms with Crippen molar-refractivity contribution in [1.82, 2.24) is 24.7 Å². The van der Waals surface area contributed by atoms with Gasteiger partial charge in [0.1, 0.15) is 0 Å². The lowest BCUT2D eigenvalue weighted by Gasteiger charge is -2.15. The summed E-state index contributed by atoms with van der Waals surface area (Å²) in [6.45, 7) is 2.06. The highest BCUT2D eigenvalue weighted by atomic mass is 16.4. The number of carbonyl (C=O) groups is 1. The van der Waals surface area contributed by atoms with Crippen molar-refractivity contribution in [2.75, 3.05) is 5.32 Å². The number of aromatic carboxylic acids is 1. The quantitative estimate of drug-likeness (QED) is 0.711. The second kappa shape index (κ2) is 7.08.